The quantitative estimate of drug-likeness (QED) is 0.620. The summed E-state index contributed by atoms with van der Waals surface area (Å²) in [6, 6.07) is 16.9. The molecule has 0 fully saturated rings. The molecule has 2 atom stereocenters. The van der Waals surface area contributed by atoms with E-state index in [0.29, 0.717) is 35.3 Å². The summed E-state index contributed by atoms with van der Waals surface area (Å²) in [5.41, 5.74) is 7.98. The maximum atomic E-state index is 14.4. The highest BCUT2D eigenvalue weighted by Gasteiger charge is 2.56. The number of aliphatic imine (C=N–C) groups is 1. The van der Waals surface area contributed by atoms with Gasteiger partial charge in [-0.05, 0) is 49.2 Å². The van der Waals surface area contributed by atoms with Crippen molar-refractivity contribution < 1.29 is 13.9 Å². The Labute approximate surface area is 191 Å². The summed E-state index contributed by atoms with van der Waals surface area (Å²) >= 11 is 0. The molecule has 3 heterocycles. The van der Waals surface area contributed by atoms with Crippen molar-refractivity contribution in [3.05, 3.63) is 83.4 Å². The van der Waals surface area contributed by atoms with Gasteiger partial charge in [-0.2, -0.15) is 4.39 Å². The second kappa shape index (κ2) is 7.40. The van der Waals surface area contributed by atoms with Gasteiger partial charge in [0.2, 0.25) is 5.95 Å². The first-order valence-corrected chi connectivity index (χ1v) is 10.8. The van der Waals surface area contributed by atoms with Gasteiger partial charge in [-0.15, -0.1) is 0 Å². The predicted octanol–water partition coefficient (Wildman–Crippen LogP) is 3.96. The smallest absolute Gasteiger partial charge is 0.261 e. The number of carbonyl (C=O) groups excluding carboxylic acids is 1. The van der Waals surface area contributed by atoms with Crippen LogP contribution in [0.3, 0.4) is 0 Å². The molecule has 168 valence electrons. The Morgan fingerprint density at radius 2 is 1.94 bits per heavy atom. The van der Waals surface area contributed by atoms with Crippen LogP contribution >= 0.6 is 0 Å². The van der Waals surface area contributed by atoms with Gasteiger partial charge in [0, 0.05) is 37.2 Å². The minimum absolute atomic E-state index is 0.156. The average molecular weight is 445 g/mol. The van der Waals surface area contributed by atoms with Crippen molar-refractivity contribution in [2.24, 2.45) is 10.7 Å². The number of hydrogen-bond donors (Lipinski definition) is 1. The van der Waals surface area contributed by atoms with Gasteiger partial charge in [-0.3, -0.25) is 9.69 Å². The number of rotatable bonds is 3. The Bertz CT molecular complexity index is 1290. The lowest BCUT2D eigenvalue weighted by atomic mass is 9.74. The maximum Gasteiger partial charge on any atom is 0.261 e. The Morgan fingerprint density at radius 1 is 1.18 bits per heavy atom. The Kier molecular flexibility index (Phi) is 4.74. The lowest BCUT2D eigenvalue weighted by Crippen LogP contribution is -2.51. The summed E-state index contributed by atoms with van der Waals surface area (Å²) in [5, 5.41) is 0. The molecular weight excluding hydrogens is 419 g/mol. The first kappa shape index (κ1) is 21.1. The third-order valence-electron chi connectivity index (χ3n) is 6.49. The monoisotopic (exact) mass is 444 g/mol. The minimum atomic E-state index is -1.24. The molecule has 0 aliphatic carbocycles. The van der Waals surface area contributed by atoms with Crippen molar-refractivity contribution >= 4 is 11.9 Å². The molecule has 2 aliphatic heterocycles. The van der Waals surface area contributed by atoms with Gasteiger partial charge in [-0.1, -0.05) is 35.9 Å². The number of ether oxygens (including phenoxy) is 1. The van der Waals surface area contributed by atoms with Gasteiger partial charge in [-0.25, -0.2) is 9.98 Å². The number of benzene rings is 2. The molecule has 1 aromatic heterocycles. The standard InChI is InChI=1S/C26H25FN4O2/c1-16-6-8-17(9-7-16)14-25(2)15-26(23(32)31(3)24(28)30-26)20-13-18(10-11-21(20)33-25)19-5-4-12-29-22(19)27/h4-13H,14-15H2,1-3H3,(H2,28,30)/t25-,26?/m1/s1. The predicted molar refractivity (Wildman–Crippen MR) is 124 cm³/mol. The summed E-state index contributed by atoms with van der Waals surface area (Å²) in [6.45, 7) is 4.03. The van der Waals surface area contributed by atoms with Crippen LogP contribution in [0.25, 0.3) is 11.1 Å². The summed E-state index contributed by atoms with van der Waals surface area (Å²) in [5.74, 6) is -0.0959. The third kappa shape index (κ3) is 3.44. The highest BCUT2D eigenvalue weighted by molar-refractivity contribution is 6.07. The molecule has 3 aromatic rings. The first-order valence-electron chi connectivity index (χ1n) is 10.8. The second-order valence-corrected chi connectivity index (χ2v) is 9.14. The fraction of sp³-hybridized carbons (Fsp3) is 0.269. The van der Waals surface area contributed by atoms with Gasteiger partial charge in [0.15, 0.2) is 11.5 Å². The number of aromatic nitrogens is 1. The van der Waals surface area contributed by atoms with E-state index in [1.165, 1.54) is 16.7 Å². The number of likely N-dealkylation sites (N-methyl/N-ethyl adjacent to an activating group) is 1. The molecule has 7 heteroatoms. The second-order valence-electron chi connectivity index (χ2n) is 9.14. The SMILES string of the molecule is Cc1ccc(C[C@]2(C)CC3(N=C(N)N(C)C3=O)c3cc(-c4cccnc4F)ccc3O2)cc1. The van der Waals surface area contributed by atoms with Crippen LogP contribution in [0, 0.1) is 12.9 Å². The van der Waals surface area contributed by atoms with Crippen LogP contribution < -0.4 is 10.5 Å². The van der Waals surface area contributed by atoms with E-state index in [1.807, 2.05) is 13.8 Å². The van der Waals surface area contributed by atoms with E-state index < -0.39 is 17.1 Å². The van der Waals surface area contributed by atoms with Crippen molar-refractivity contribution in [2.75, 3.05) is 7.05 Å². The van der Waals surface area contributed by atoms with Crippen molar-refractivity contribution in [1.82, 2.24) is 9.88 Å². The van der Waals surface area contributed by atoms with Gasteiger partial charge >= 0.3 is 0 Å². The molecule has 5 rings (SSSR count). The van der Waals surface area contributed by atoms with Gasteiger partial charge in [0.05, 0.1) is 0 Å². The highest BCUT2D eigenvalue weighted by Crippen LogP contribution is 2.50. The van der Waals surface area contributed by atoms with E-state index in [2.05, 4.69) is 34.2 Å². The lowest BCUT2D eigenvalue weighted by molar-refractivity contribution is -0.133. The fourth-order valence-corrected chi connectivity index (χ4v) is 4.88. The highest BCUT2D eigenvalue weighted by atomic mass is 19.1. The summed E-state index contributed by atoms with van der Waals surface area (Å²) in [6.07, 6.45) is 2.31. The molecule has 0 bridgehead atoms. The molecule has 2 aromatic carbocycles. The van der Waals surface area contributed by atoms with E-state index in [1.54, 1.807) is 37.4 Å². The number of pyridine rings is 1. The topological polar surface area (TPSA) is 80.8 Å². The molecule has 1 amide bonds. The number of fused-ring (bicyclic) bond motifs is 2. The molecule has 6 nitrogen and oxygen atoms in total. The number of aryl methyl sites for hydroxylation is 1. The number of nitrogens with zero attached hydrogens (tertiary/aromatic N) is 3. The van der Waals surface area contributed by atoms with Crippen LogP contribution in [0.2, 0.25) is 0 Å². The van der Waals surface area contributed by atoms with Crippen LogP contribution in [-0.2, 0) is 16.8 Å². The largest absolute Gasteiger partial charge is 0.487 e. The van der Waals surface area contributed by atoms with Crippen LogP contribution in [0.4, 0.5) is 4.39 Å². The first-order chi connectivity index (χ1) is 15.7. The summed E-state index contributed by atoms with van der Waals surface area (Å²) < 4.78 is 20.9. The Balaban J connectivity index is 1.64. The normalized spacial score (nSPS) is 23.9. The van der Waals surface area contributed by atoms with Crippen molar-refractivity contribution in [2.45, 2.75) is 37.8 Å². The van der Waals surface area contributed by atoms with E-state index in [4.69, 9.17) is 10.5 Å². The number of guanidine groups is 1. The van der Waals surface area contributed by atoms with E-state index >= 15 is 0 Å². The number of hydrogen-bond acceptors (Lipinski definition) is 5. The fourth-order valence-electron chi connectivity index (χ4n) is 4.88. The third-order valence-corrected chi connectivity index (χ3v) is 6.49. The number of carbonyl (C=O) groups is 1. The zero-order valence-corrected chi connectivity index (χ0v) is 18.8. The maximum absolute atomic E-state index is 14.4. The van der Waals surface area contributed by atoms with E-state index in [9.17, 15) is 9.18 Å². The Morgan fingerprint density at radius 3 is 2.61 bits per heavy atom. The number of amides is 1. The number of halogens is 1. The molecule has 2 N–H and O–H groups in total. The summed E-state index contributed by atoms with van der Waals surface area (Å²) in [4.78, 5) is 23.3. The Hall–Kier alpha value is -3.74. The van der Waals surface area contributed by atoms with Gasteiger partial charge < -0.3 is 10.5 Å². The molecule has 0 saturated heterocycles. The zero-order valence-electron chi connectivity index (χ0n) is 18.8. The van der Waals surface area contributed by atoms with Crippen LogP contribution in [0.5, 0.6) is 5.75 Å². The molecule has 33 heavy (non-hydrogen) atoms. The summed E-state index contributed by atoms with van der Waals surface area (Å²) in [7, 11) is 1.62. The zero-order chi connectivity index (χ0) is 23.4. The van der Waals surface area contributed by atoms with Crippen molar-refractivity contribution in [3.63, 3.8) is 0 Å². The molecule has 2 aliphatic rings. The molecule has 1 unspecified atom stereocenters. The molecule has 0 radical (unpaired) electrons. The molecular formula is C26H25FN4O2. The van der Waals surface area contributed by atoms with E-state index in [-0.39, 0.29) is 11.9 Å². The molecule has 0 saturated carbocycles. The van der Waals surface area contributed by atoms with Crippen LogP contribution in [0.1, 0.15) is 30.0 Å². The number of nitrogens with two attached hydrogens (primary N) is 1. The van der Waals surface area contributed by atoms with E-state index in [0.717, 1.165) is 5.56 Å². The van der Waals surface area contributed by atoms with Crippen LogP contribution in [0.15, 0.2) is 65.8 Å². The van der Waals surface area contributed by atoms with Gasteiger partial charge in [0.25, 0.3) is 5.91 Å². The van der Waals surface area contributed by atoms with Crippen molar-refractivity contribution in [1.29, 1.82) is 0 Å². The van der Waals surface area contributed by atoms with Gasteiger partial charge in [0.1, 0.15) is 11.4 Å². The molecule has 1 spiro atoms. The lowest BCUT2D eigenvalue weighted by Gasteiger charge is -2.43. The van der Waals surface area contributed by atoms with Crippen molar-refractivity contribution in [3.8, 4) is 16.9 Å². The minimum Gasteiger partial charge on any atom is -0.487 e. The average Bonchev–Trinajstić information content (AvgIpc) is 2.99. The van der Waals surface area contributed by atoms with Crippen LogP contribution in [-0.4, -0.2) is 34.4 Å².